The summed E-state index contributed by atoms with van der Waals surface area (Å²) in [6, 6.07) is 14.0. The summed E-state index contributed by atoms with van der Waals surface area (Å²) in [5.41, 5.74) is 3.20. The number of amides is 1. The van der Waals surface area contributed by atoms with E-state index in [0.29, 0.717) is 16.2 Å². The molecule has 0 bridgehead atoms. The molecule has 0 saturated carbocycles. The maximum Gasteiger partial charge on any atom is 0.433 e. The van der Waals surface area contributed by atoms with Gasteiger partial charge < -0.3 is 5.32 Å². The SMILES string of the molecule is Br.Cc1ccccc1NC(=O)Cc1csc2[n+]1C(=O)/C(=C/c1cccc(N(O)O)c1)S2. The molecule has 1 aliphatic heterocycles. The molecular formula is C21H19BrN3O4S2+. The summed E-state index contributed by atoms with van der Waals surface area (Å²) in [5.74, 6) is -0.392. The first kappa shape index (κ1) is 23.2. The molecular weight excluding hydrogens is 502 g/mol. The number of carbonyl (C=O) groups is 2. The Labute approximate surface area is 197 Å². The van der Waals surface area contributed by atoms with Crippen molar-refractivity contribution in [3.05, 3.63) is 75.6 Å². The molecule has 3 N–H and O–H groups in total. The van der Waals surface area contributed by atoms with E-state index >= 15 is 0 Å². The molecule has 2 heterocycles. The summed E-state index contributed by atoms with van der Waals surface area (Å²) < 4.78 is 2.35. The van der Waals surface area contributed by atoms with Crippen LogP contribution in [0.3, 0.4) is 0 Å². The fourth-order valence-corrected chi connectivity index (χ4v) is 5.24. The molecule has 0 spiro atoms. The summed E-state index contributed by atoms with van der Waals surface area (Å²) >= 11 is 2.74. The van der Waals surface area contributed by atoms with Crippen molar-refractivity contribution in [1.29, 1.82) is 0 Å². The number of anilines is 2. The van der Waals surface area contributed by atoms with Crippen LogP contribution in [0.15, 0.2) is 63.2 Å². The number of benzene rings is 2. The Morgan fingerprint density at radius 3 is 2.71 bits per heavy atom. The third-order valence-corrected chi connectivity index (χ3v) is 6.72. The molecule has 31 heavy (non-hydrogen) atoms. The summed E-state index contributed by atoms with van der Waals surface area (Å²) in [6.07, 6.45) is 1.78. The van der Waals surface area contributed by atoms with Crippen molar-refractivity contribution in [2.24, 2.45) is 0 Å². The summed E-state index contributed by atoms with van der Waals surface area (Å²) in [6.45, 7) is 1.92. The Balaban J connectivity index is 0.00000272. The molecule has 3 aromatic rings. The van der Waals surface area contributed by atoms with Gasteiger partial charge in [0.15, 0.2) is 0 Å². The molecule has 10 heteroatoms. The van der Waals surface area contributed by atoms with Crippen LogP contribution in [0.5, 0.6) is 0 Å². The van der Waals surface area contributed by atoms with Gasteiger partial charge >= 0.3 is 10.2 Å². The van der Waals surface area contributed by atoms with Crippen molar-refractivity contribution in [3.63, 3.8) is 0 Å². The highest BCUT2D eigenvalue weighted by Crippen LogP contribution is 2.36. The molecule has 1 amide bonds. The molecule has 0 atom stereocenters. The highest BCUT2D eigenvalue weighted by molar-refractivity contribution is 8.93. The van der Waals surface area contributed by atoms with Gasteiger partial charge in [0.2, 0.25) is 11.6 Å². The van der Waals surface area contributed by atoms with Gasteiger partial charge in [0.25, 0.3) is 0 Å². The highest BCUT2D eigenvalue weighted by Gasteiger charge is 2.40. The van der Waals surface area contributed by atoms with Gasteiger partial charge in [-0.3, -0.25) is 15.2 Å². The topological polar surface area (TPSA) is 93.8 Å². The second-order valence-corrected chi connectivity index (χ2v) is 8.82. The van der Waals surface area contributed by atoms with Crippen LogP contribution in [0, 0.1) is 6.92 Å². The Morgan fingerprint density at radius 2 is 1.97 bits per heavy atom. The zero-order valence-corrected chi connectivity index (χ0v) is 19.7. The monoisotopic (exact) mass is 520 g/mol. The summed E-state index contributed by atoms with van der Waals surface area (Å²) in [5, 5.41) is 23.1. The first-order chi connectivity index (χ1) is 14.4. The van der Waals surface area contributed by atoms with Crippen LogP contribution in [0.25, 0.3) is 6.08 Å². The number of carbonyl (C=O) groups excluding carboxylic acids is 2. The van der Waals surface area contributed by atoms with Crippen LogP contribution >= 0.6 is 40.1 Å². The number of halogens is 1. The first-order valence-corrected chi connectivity index (χ1v) is 10.7. The average molecular weight is 521 g/mol. The number of hydrogen-bond donors (Lipinski definition) is 3. The molecule has 2 aromatic carbocycles. The van der Waals surface area contributed by atoms with E-state index in [1.54, 1.807) is 28.8 Å². The Bertz CT molecular complexity index is 1180. The minimum atomic E-state index is -0.204. The Kier molecular flexibility index (Phi) is 7.29. The van der Waals surface area contributed by atoms with Crippen LogP contribution in [0.2, 0.25) is 0 Å². The molecule has 0 radical (unpaired) electrons. The number of thiazole rings is 1. The lowest BCUT2D eigenvalue weighted by atomic mass is 10.2. The minimum absolute atomic E-state index is 0. The number of para-hydroxylation sites is 1. The standard InChI is InChI=1S/C21H17N3O4S2.BrH/c1-13-5-2-3-8-17(13)22-19(25)11-16-12-29-21-23(16)20(26)18(30-21)10-14-6-4-7-15(9-14)24(27)28;/h2-10,12,27-28H,11H2,1H3;1H/p+1/b18-10-;. The number of nitrogens with zero attached hydrogens (tertiary/aromatic N) is 2. The molecule has 4 rings (SSSR count). The quantitative estimate of drug-likeness (QED) is 0.261. The second-order valence-electron chi connectivity index (χ2n) is 6.67. The zero-order valence-electron chi connectivity index (χ0n) is 16.3. The smallest absolute Gasteiger partial charge is 0.325 e. The normalized spacial score (nSPS) is 13.6. The van der Waals surface area contributed by atoms with E-state index in [9.17, 15) is 9.59 Å². The van der Waals surface area contributed by atoms with Crippen LogP contribution in [0.1, 0.15) is 21.6 Å². The van der Waals surface area contributed by atoms with Crippen molar-refractivity contribution in [2.75, 3.05) is 10.5 Å². The number of allylic oxidation sites excluding steroid dienone is 1. The van der Waals surface area contributed by atoms with Crippen molar-refractivity contribution in [3.8, 4) is 0 Å². The second kappa shape index (κ2) is 9.75. The van der Waals surface area contributed by atoms with Gasteiger partial charge in [-0.1, -0.05) is 41.7 Å². The molecule has 160 valence electrons. The first-order valence-electron chi connectivity index (χ1n) is 9.02. The van der Waals surface area contributed by atoms with Gasteiger partial charge in [-0.25, -0.2) is 4.79 Å². The zero-order chi connectivity index (χ0) is 21.3. The number of nitrogens with one attached hydrogen (secondary N) is 1. The van der Waals surface area contributed by atoms with E-state index in [0.717, 1.165) is 15.6 Å². The van der Waals surface area contributed by atoms with E-state index in [2.05, 4.69) is 5.32 Å². The van der Waals surface area contributed by atoms with E-state index < -0.39 is 0 Å². The van der Waals surface area contributed by atoms with E-state index in [1.165, 1.54) is 29.2 Å². The molecule has 0 fully saturated rings. The lowest BCUT2D eigenvalue weighted by Gasteiger charge is -2.07. The van der Waals surface area contributed by atoms with Crippen LogP contribution in [-0.2, 0) is 11.2 Å². The highest BCUT2D eigenvalue weighted by atomic mass is 79.9. The van der Waals surface area contributed by atoms with Crippen molar-refractivity contribution >= 4 is 69.3 Å². The molecule has 7 nitrogen and oxygen atoms in total. The predicted octanol–water partition coefficient (Wildman–Crippen LogP) is 4.47. The van der Waals surface area contributed by atoms with Gasteiger partial charge in [0, 0.05) is 17.4 Å². The number of hydrogen-bond acceptors (Lipinski definition) is 7. The molecule has 1 aliphatic rings. The summed E-state index contributed by atoms with van der Waals surface area (Å²) in [7, 11) is 0. The predicted molar refractivity (Wildman–Crippen MR) is 125 cm³/mol. The van der Waals surface area contributed by atoms with Crippen molar-refractivity contribution in [2.45, 2.75) is 17.7 Å². The molecule has 1 aromatic heterocycles. The number of thioether (sulfide) groups is 1. The third-order valence-electron chi connectivity index (χ3n) is 4.54. The van der Waals surface area contributed by atoms with E-state index in [1.807, 2.05) is 36.6 Å². The van der Waals surface area contributed by atoms with Gasteiger partial charge in [-0.15, -0.1) is 26.8 Å². The van der Waals surface area contributed by atoms with Gasteiger partial charge in [0.05, 0.1) is 11.1 Å². The lowest BCUT2D eigenvalue weighted by molar-refractivity contribution is -0.607. The maximum atomic E-state index is 12.9. The Hall–Kier alpha value is -2.50. The van der Waals surface area contributed by atoms with Gasteiger partial charge in [-0.2, -0.15) is 0 Å². The minimum Gasteiger partial charge on any atom is -0.325 e. The summed E-state index contributed by atoms with van der Waals surface area (Å²) in [4.78, 5) is 25.9. The average Bonchev–Trinajstić information content (AvgIpc) is 3.24. The van der Waals surface area contributed by atoms with E-state index in [-0.39, 0.29) is 46.1 Å². The maximum absolute atomic E-state index is 12.9. The number of rotatable bonds is 5. The van der Waals surface area contributed by atoms with Crippen LogP contribution in [-0.4, -0.2) is 22.2 Å². The Morgan fingerprint density at radius 1 is 1.19 bits per heavy atom. The fourth-order valence-electron chi connectivity index (χ4n) is 3.05. The van der Waals surface area contributed by atoms with Crippen LogP contribution in [0.4, 0.5) is 11.4 Å². The van der Waals surface area contributed by atoms with E-state index in [4.69, 9.17) is 10.4 Å². The lowest BCUT2D eigenvalue weighted by Crippen LogP contribution is -2.43. The van der Waals surface area contributed by atoms with Crippen molar-refractivity contribution < 1.29 is 24.6 Å². The number of aromatic nitrogens is 1. The largest absolute Gasteiger partial charge is 0.433 e. The number of fused-ring (bicyclic) bond motifs is 1. The van der Waals surface area contributed by atoms with Crippen molar-refractivity contribution in [1.82, 2.24) is 0 Å². The van der Waals surface area contributed by atoms with Gasteiger partial charge in [-0.05, 0) is 42.3 Å². The third kappa shape index (κ3) is 5.05. The molecule has 0 aliphatic carbocycles. The number of aryl methyl sites for hydroxylation is 1. The fraction of sp³-hybridized carbons (Fsp3) is 0.0952. The van der Waals surface area contributed by atoms with Gasteiger partial charge in [0.1, 0.15) is 11.3 Å². The van der Waals surface area contributed by atoms with Crippen LogP contribution < -0.4 is 15.1 Å². The molecule has 0 saturated heterocycles. The molecule has 0 unspecified atom stereocenters.